The van der Waals surface area contributed by atoms with E-state index in [1.807, 2.05) is 25.1 Å². The Morgan fingerprint density at radius 1 is 1.05 bits per heavy atom. The van der Waals surface area contributed by atoms with E-state index < -0.39 is 5.97 Å². The summed E-state index contributed by atoms with van der Waals surface area (Å²) in [4.78, 5) is 13.1. The fraction of sp³-hybridized carbons (Fsp3) is 0.278. The summed E-state index contributed by atoms with van der Waals surface area (Å²) in [6, 6.07) is 18.9. The van der Waals surface area contributed by atoms with Gasteiger partial charge in [0.25, 0.3) is 0 Å². The van der Waals surface area contributed by atoms with Gasteiger partial charge < -0.3 is 5.11 Å². The van der Waals surface area contributed by atoms with Crippen LogP contribution in [-0.2, 0) is 11.2 Å². The number of rotatable bonds is 7. The van der Waals surface area contributed by atoms with Crippen molar-refractivity contribution in [3.63, 3.8) is 0 Å². The summed E-state index contributed by atoms with van der Waals surface area (Å²) in [5.41, 5.74) is 1.27. The van der Waals surface area contributed by atoms with Gasteiger partial charge in [0.2, 0.25) is 0 Å². The molecule has 0 radical (unpaired) electrons. The standard InChI is InChI=1S/C18H20O2S/c1-14(13-18(19)20)7-8-15-9-11-17(12-10-15)21-16-5-3-2-4-6-16/h2-6,9-12,14H,7-8,13H2,1H3,(H,19,20)/t14-/m1/s1. The molecule has 1 atom stereocenters. The molecular weight excluding hydrogens is 280 g/mol. The Morgan fingerprint density at radius 2 is 1.67 bits per heavy atom. The first-order valence-corrected chi connectivity index (χ1v) is 7.99. The zero-order chi connectivity index (χ0) is 15.1. The minimum absolute atomic E-state index is 0.223. The Bertz CT molecular complexity index is 564. The van der Waals surface area contributed by atoms with Crippen molar-refractivity contribution in [2.75, 3.05) is 0 Å². The van der Waals surface area contributed by atoms with E-state index >= 15 is 0 Å². The van der Waals surface area contributed by atoms with Crippen LogP contribution < -0.4 is 0 Å². The van der Waals surface area contributed by atoms with Gasteiger partial charge in [-0.05, 0) is 48.6 Å². The molecule has 2 rings (SSSR count). The summed E-state index contributed by atoms with van der Waals surface area (Å²) >= 11 is 1.75. The van der Waals surface area contributed by atoms with Gasteiger partial charge in [-0.1, -0.05) is 49.0 Å². The zero-order valence-corrected chi connectivity index (χ0v) is 13.0. The molecule has 0 bridgehead atoms. The first-order chi connectivity index (χ1) is 10.1. The summed E-state index contributed by atoms with van der Waals surface area (Å²) in [6.07, 6.45) is 2.10. The molecular formula is C18H20O2S. The number of aryl methyl sites for hydroxylation is 1. The van der Waals surface area contributed by atoms with Gasteiger partial charge in [-0.2, -0.15) is 0 Å². The van der Waals surface area contributed by atoms with E-state index in [0.717, 1.165) is 12.8 Å². The second-order valence-electron chi connectivity index (χ2n) is 5.30. The van der Waals surface area contributed by atoms with Crippen LogP contribution in [0.4, 0.5) is 0 Å². The Kier molecular flexibility index (Phi) is 5.88. The number of aliphatic carboxylic acids is 1. The number of carbonyl (C=O) groups is 1. The quantitative estimate of drug-likeness (QED) is 0.791. The second kappa shape index (κ2) is 7.89. The molecule has 0 aliphatic carbocycles. The third-order valence-electron chi connectivity index (χ3n) is 3.35. The highest BCUT2D eigenvalue weighted by atomic mass is 32.2. The highest BCUT2D eigenvalue weighted by Gasteiger charge is 2.07. The van der Waals surface area contributed by atoms with Gasteiger partial charge in [-0.15, -0.1) is 0 Å². The van der Waals surface area contributed by atoms with Gasteiger partial charge in [-0.3, -0.25) is 4.79 Å². The minimum Gasteiger partial charge on any atom is -0.481 e. The molecule has 0 amide bonds. The van der Waals surface area contributed by atoms with Gasteiger partial charge in [0, 0.05) is 16.2 Å². The molecule has 2 aromatic rings. The number of carboxylic acid groups (broad SMARTS) is 1. The van der Waals surface area contributed by atoms with Crippen molar-refractivity contribution in [3.8, 4) is 0 Å². The van der Waals surface area contributed by atoms with Gasteiger partial charge >= 0.3 is 5.97 Å². The third-order valence-corrected chi connectivity index (χ3v) is 4.37. The van der Waals surface area contributed by atoms with Crippen LogP contribution in [0.2, 0.25) is 0 Å². The molecule has 21 heavy (non-hydrogen) atoms. The smallest absolute Gasteiger partial charge is 0.303 e. The normalized spacial score (nSPS) is 12.0. The fourth-order valence-corrected chi connectivity index (χ4v) is 3.00. The summed E-state index contributed by atoms with van der Waals surface area (Å²) in [5.74, 6) is -0.488. The Balaban J connectivity index is 1.86. The van der Waals surface area contributed by atoms with Crippen molar-refractivity contribution in [3.05, 3.63) is 60.2 Å². The molecule has 110 valence electrons. The number of hydrogen-bond acceptors (Lipinski definition) is 2. The molecule has 0 spiro atoms. The van der Waals surface area contributed by atoms with Crippen molar-refractivity contribution in [1.82, 2.24) is 0 Å². The van der Waals surface area contributed by atoms with E-state index in [0.29, 0.717) is 0 Å². The predicted octanol–water partition coefficient (Wildman–Crippen LogP) is 4.88. The fourth-order valence-electron chi connectivity index (χ4n) is 2.16. The lowest BCUT2D eigenvalue weighted by Crippen LogP contribution is -2.05. The highest BCUT2D eigenvalue weighted by molar-refractivity contribution is 7.99. The maximum absolute atomic E-state index is 10.6. The number of benzene rings is 2. The Morgan fingerprint density at radius 3 is 2.29 bits per heavy atom. The van der Waals surface area contributed by atoms with Crippen molar-refractivity contribution in [2.24, 2.45) is 5.92 Å². The van der Waals surface area contributed by atoms with Gasteiger partial charge in [0.05, 0.1) is 0 Å². The van der Waals surface area contributed by atoms with E-state index in [2.05, 4.69) is 36.4 Å². The van der Waals surface area contributed by atoms with Gasteiger partial charge in [-0.25, -0.2) is 0 Å². The summed E-state index contributed by atoms with van der Waals surface area (Å²) < 4.78 is 0. The van der Waals surface area contributed by atoms with Crippen LogP contribution in [0, 0.1) is 5.92 Å². The first kappa shape index (κ1) is 15.6. The zero-order valence-electron chi connectivity index (χ0n) is 12.2. The highest BCUT2D eigenvalue weighted by Crippen LogP contribution is 2.27. The Labute approximate surface area is 130 Å². The van der Waals surface area contributed by atoms with Crippen molar-refractivity contribution in [2.45, 2.75) is 36.0 Å². The molecule has 0 aliphatic heterocycles. The largest absolute Gasteiger partial charge is 0.481 e. The molecule has 1 N–H and O–H groups in total. The topological polar surface area (TPSA) is 37.3 Å². The summed E-state index contributed by atoms with van der Waals surface area (Å²) in [5, 5.41) is 8.75. The molecule has 0 saturated carbocycles. The van der Waals surface area contributed by atoms with E-state index in [1.165, 1.54) is 15.4 Å². The summed E-state index contributed by atoms with van der Waals surface area (Å²) in [6.45, 7) is 1.99. The number of carboxylic acids is 1. The monoisotopic (exact) mass is 300 g/mol. The molecule has 0 aromatic heterocycles. The SMILES string of the molecule is C[C@H](CCc1ccc(Sc2ccccc2)cc1)CC(=O)O. The van der Waals surface area contributed by atoms with Crippen LogP contribution in [0.3, 0.4) is 0 Å². The van der Waals surface area contributed by atoms with Gasteiger partial charge in [0.1, 0.15) is 0 Å². The number of hydrogen-bond donors (Lipinski definition) is 1. The van der Waals surface area contributed by atoms with Crippen LogP contribution in [0.1, 0.15) is 25.3 Å². The molecule has 2 nitrogen and oxygen atoms in total. The van der Waals surface area contributed by atoms with Crippen LogP contribution in [0.5, 0.6) is 0 Å². The lowest BCUT2D eigenvalue weighted by Gasteiger charge is -2.09. The molecule has 0 unspecified atom stereocenters. The van der Waals surface area contributed by atoms with Gasteiger partial charge in [0.15, 0.2) is 0 Å². The average Bonchev–Trinajstić information content (AvgIpc) is 2.47. The summed E-state index contributed by atoms with van der Waals surface area (Å²) in [7, 11) is 0. The molecule has 0 saturated heterocycles. The maximum Gasteiger partial charge on any atom is 0.303 e. The lowest BCUT2D eigenvalue weighted by atomic mass is 9.98. The van der Waals surface area contributed by atoms with E-state index in [4.69, 9.17) is 5.11 Å². The lowest BCUT2D eigenvalue weighted by molar-refractivity contribution is -0.138. The first-order valence-electron chi connectivity index (χ1n) is 7.17. The maximum atomic E-state index is 10.6. The molecule has 2 aromatic carbocycles. The van der Waals surface area contributed by atoms with Crippen LogP contribution in [-0.4, -0.2) is 11.1 Å². The molecule has 0 heterocycles. The average molecular weight is 300 g/mol. The predicted molar refractivity (Wildman–Crippen MR) is 86.7 cm³/mol. The van der Waals surface area contributed by atoms with Crippen molar-refractivity contribution >= 4 is 17.7 Å². The van der Waals surface area contributed by atoms with Crippen LogP contribution in [0.15, 0.2) is 64.4 Å². The van der Waals surface area contributed by atoms with Crippen molar-refractivity contribution in [1.29, 1.82) is 0 Å². The molecule has 0 fully saturated rings. The Hall–Kier alpha value is -1.74. The van der Waals surface area contributed by atoms with E-state index in [-0.39, 0.29) is 12.3 Å². The van der Waals surface area contributed by atoms with Crippen LogP contribution >= 0.6 is 11.8 Å². The van der Waals surface area contributed by atoms with E-state index in [1.54, 1.807) is 11.8 Å². The van der Waals surface area contributed by atoms with Crippen LogP contribution in [0.25, 0.3) is 0 Å². The molecule has 3 heteroatoms. The minimum atomic E-state index is -0.711. The molecule has 0 aliphatic rings. The van der Waals surface area contributed by atoms with E-state index in [9.17, 15) is 4.79 Å². The van der Waals surface area contributed by atoms with Crippen molar-refractivity contribution < 1.29 is 9.90 Å². The third kappa shape index (κ3) is 5.64. The second-order valence-corrected chi connectivity index (χ2v) is 6.45.